The maximum absolute atomic E-state index is 11.6. The molecule has 5 heteroatoms. The second-order valence-corrected chi connectivity index (χ2v) is 6.53. The monoisotopic (exact) mass is 268 g/mol. The van der Waals surface area contributed by atoms with E-state index in [1.165, 1.54) is 9.87 Å². The number of hydrogen-bond donors (Lipinski definition) is 1. The Morgan fingerprint density at radius 1 is 1.28 bits per heavy atom. The van der Waals surface area contributed by atoms with Crippen LogP contribution in [0.5, 0.6) is 0 Å². The topological polar surface area (TPSA) is 49.2 Å². The van der Waals surface area contributed by atoms with Gasteiger partial charge in [0.2, 0.25) is 0 Å². The van der Waals surface area contributed by atoms with E-state index in [9.17, 15) is 8.42 Å². The molecular formula is C13H20N2O2S. The van der Waals surface area contributed by atoms with Crippen LogP contribution in [0.3, 0.4) is 0 Å². The van der Waals surface area contributed by atoms with Gasteiger partial charge in [0, 0.05) is 19.6 Å². The highest BCUT2D eigenvalue weighted by molar-refractivity contribution is 7.87. The van der Waals surface area contributed by atoms with Crippen LogP contribution in [0.2, 0.25) is 0 Å². The summed E-state index contributed by atoms with van der Waals surface area (Å²) in [4.78, 5) is 0. The molecule has 1 atom stereocenters. The SMILES string of the molecule is CCC(C)c1ccc(CNS(=O)(=O)N2CC2)cc1. The fraction of sp³-hybridized carbons (Fsp3) is 0.538. The fourth-order valence-corrected chi connectivity index (χ4v) is 2.84. The first-order valence-corrected chi connectivity index (χ1v) is 7.80. The van der Waals surface area contributed by atoms with Crippen LogP contribution >= 0.6 is 0 Å². The van der Waals surface area contributed by atoms with Gasteiger partial charge in [0.1, 0.15) is 0 Å². The predicted octanol–water partition coefficient (Wildman–Crippen LogP) is 1.85. The Balaban J connectivity index is 1.94. The van der Waals surface area contributed by atoms with Gasteiger partial charge in [-0.2, -0.15) is 17.4 Å². The van der Waals surface area contributed by atoms with E-state index in [1.807, 2.05) is 12.1 Å². The Kier molecular flexibility index (Phi) is 4.04. The van der Waals surface area contributed by atoms with Crippen LogP contribution in [0.15, 0.2) is 24.3 Å². The lowest BCUT2D eigenvalue weighted by Gasteiger charge is -2.10. The molecule has 1 aliphatic heterocycles. The normalized spacial score (nSPS) is 17.7. The zero-order chi connectivity index (χ0) is 13.2. The van der Waals surface area contributed by atoms with Crippen molar-refractivity contribution in [2.45, 2.75) is 32.7 Å². The van der Waals surface area contributed by atoms with Gasteiger partial charge >= 0.3 is 0 Å². The molecule has 1 aliphatic rings. The molecule has 0 amide bonds. The first-order valence-electron chi connectivity index (χ1n) is 6.36. The van der Waals surface area contributed by atoms with Gasteiger partial charge in [-0.05, 0) is 23.5 Å². The highest BCUT2D eigenvalue weighted by Crippen LogP contribution is 2.19. The third kappa shape index (κ3) is 3.31. The molecule has 1 unspecified atom stereocenters. The summed E-state index contributed by atoms with van der Waals surface area (Å²) in [6.45, 7) is 6.00. The Morgan fingerprint density at radius 3 is 2.39 bits per heavy atom. The summed E-state index contributed by atoms with van der Waals surface area (Å²) in [6, 6.07) is 8.14. The molecule has 1 aromatic carbocycles. The van der Waals surface area contributed by atoms with E-state index in [0.717, 1.165) is 12.0 Å². The van der Waals surface area contributed by atoms with Crippen molar-refractivity contribution < 1.29 is 8.42 Å². The summed E-state index contributed by atoms with van der Waals surface area (Å²) in [5.74, 6) is 0.549. The van der Waals surface area contributed by atoms with E-state index < -0.39 is 10.2 Å². The molecule has 0 bridgehead atoms. The lowest BCUT2D eigenvalue weighted by molar-refractivity contribution is 0.546. The molecule has 0 saturated carbocycles. The quantitative estimate of drug-likeness (QED) is 0.800. The molecule has 1 N–H and O–H groups in total. The van der Waals surface area contributed by atoms with Gasteiger partial charge in [0.05, 0.1) is 0 Å². The Hall–Kier alpha value is -0.910. The number of hydrogen-bond acceptors (Lipinski definition) is 2. The van der Waals surface area contributed by atoms with Crippen molar-refractivity contribution in [3.63, 3.8) is 0 Å². The fourth-order valence-electron chi connectivity index (χ4n) is 1.75. The summed E-state index contributed by atoms with van der Waals surface area (Å²) < 4.78 is 27.2. The molecular weight excluding hydrogens is 248 g/mol. The van der Waals surface area contributed by atoms with Gasteiger partial charge in [-0.15, -0.1) is 0 Å². The molecule has 1 fully saturated rings. The number of benzene rings is 1. The van der Waals surface area contributed by atoms with Crippen molar-refractivity contribution in [1.29, 1.82) is 0 Å². The van der Waals surface area contributed by atoms with E-state index in [1.54, 1.807) is 0 Å². The highest BCUT2D eigenvalue weighted by atomic mass is 32.2. The van der Waals surface area contributed by atoms with Gasteiger partial charge in [-0.1, -0.05) is 38.1 Å². The molecule has 0 spiro atoms. The van der Waals surface area contributed by atoms with Crippen LogP contribution < -0.4 is 4.72 Å². The van der Waals surface area contributed by atoms with Gasteiger partial charge < -0.3 is 0 Å². The molecule has 2 rings (SSSR count). The third-order valence-electron chi connectivity index (χ3n) is 3.37. The minimum atomic E-state index is -3.23. The second-order valence-electron chi connectivity index (χ2n) is 4.78. The van der Waals surface area contributed by atoms with E-state index in [4.69, 9.17) is 0 Å². The summed E-state index contributed by atoms with van der Waals surface area (Å²) in [5.41, 5.74) is 2.29. The van der Waals surface area contributed by atoms with Crippen molar-refractivity contribution >= 4 is 10.2 Å². The first-order chi connectivity index (χ1) is 8.53. The molecule has 1 saturated heterocycles. The lowest BCUT2D eigenvalue weighted by atomic mass is 9.98. The van der Waals surface area contributed by atoms with Crippen LogP contribution in [0.25, 0.3) is 0 Å². The van der Waals surface area contributed by atoms with Crippen molar-refractivity contribution in [2.75, 3.05) is 13.1 Å². The summed E-state index contributed by atoms with van der Waals surface area (Å²) >= 11 is 0. The minimum Gasteiger partial charge on any atom is -0.198 e. The molecule has 0 radical (unpaired) electrons. The van der Waals surface area contributed by atoms with Crippen LogP contribution in [0.4, 0.5) is 0 Å². The highest BCUT2D eigenvalue weighted by Gasteiger charge is 2.31. The van der Waals surface area contributed by atoms with Gasteiger partial charge in [-0.3, -0.25) is 0 Å². The maximum atomic E-state index is 11.6. The van der Waals surface area contributed by atoms with Gasteiger partial charge in [-0.25, -0.2) is 0 Å². The van der Waals surface area contributed by atoms with Crippen molar-refractivity contribution in [3.8, 4) is 0 Å². The molecule has 1 aromatic rings. The number of nitrogens with one attached hydrogen (secondary N) is 1. The van der Waals surface area contributed by atoms with Crippen LogP contribution in [-0.2, 0) is 16.8 Å². The van der Waals surface area contributed by atoms with Gasteiger partial charge in [0.25, 0.3) is 10.2 Å². The van der Waals surface area contributed by atoms with Crippen LogP contribution in [0, 0.1) is 0 Å². The van der Waals surface area contributed by atoms with E-state index in [-0.39, 0.29) is 0 Å². The Labute approximate surface area is 109 Å². The third-order valence-corrected chi connectivity index (χ3v) is 4.92. The zero-order valence-electron chi connectivity index (χ0n) is 10.9. The standard InChI is InChI=1S/C13H20N2O2S/c1-3-11(2)13-6-4-12(5-7-13)10-14-18(16,17)15-8-9-15/h4-7,11,14H,3,8-10H2,1-2H3. The average molecular weight is 268 g/mol. The minimum absolute atomic E-state index is 0.361. The van der Waals surface area contributed by atoms with Crippen molar-refractivity contribution in [3.05, 3.63) is 35.4 Å². The van der Waals surface area contributed by atoms with E-state index in [2.05, 4.69) is 30.7 Å². The smallest absolute Gasteiger partial charge is 0.198 e. The largest absolute Gasteiger partial charge is 0.279 e. The maximum Gasteiger partial charge on any atom is 0.279 e. The second kappa shape index (κ2) is 5.38. The molecule has 0 aromatic heterocycles. The summed E-state index contributed by atoms with van der Waals surface area (Å²) in [6.07, 6.45) is 1.11. The molecule has 18 heavy (non-hydrogen) atoms. The molecule has 0 aliphatic carbocycles. The zero-order valence-corrected chi connectivity index (χ0v) is 11.7. The van der Waals surface area contributed by atoms with E-state index >= 15 is 0 Å². The molecule has 100 valence electrons. The van der Waals surface area contributed by atoms with Crippen molar-refractivity contribution in [1.82, 2.24) is 9.03 Å². The lowest BCUT2D eigenvalue weighted by Crippen LogP contribution is -2.29. The first kappa shape index (κ1) is 13.5. The average Bonchev–Trinajstić information content (AvgIpc) is 3.21. The number of nitrogens with zero attached hydrogens (tertiary/aromatic N) is 1. The summed E-state index contributed by atoms with van der Waals surface area (Å²) in [5, 5.41) is 0. The van der Waals surface area contributed by atoms with E-state index in [0.29, 0.717) is 25.6 Å². The Bertz CT molecular complexity index is 492. The number of rotatable bonds is 6. The van der Waals surface area contributed by atoms with Crippen LogP contribution in [-0.4, -0.2) is 25.8 Å². The predicted molar refractivity (Wildman–Crippen MR) is 72.5 cm³/mol. The van der Waals surface area contributed by atoms with Crippen molar-refractivity contribution in [2.24, 2.45) is 0 Å². The summed E-state index contributed by atoms with van der Waals surface area (Å²) in [7, 11) is -3.23. The molecule has 1 heterocycles. The van der Waals surface area contributed by atoms with Crippen LogP contribution in [0.1, 0.15) is 37.3 Å². The molecule has 4 nitrogen and oxygen atoms in total. The Morgan fingerprint density at radius 2 is 1.89 bits per heavy atom. The van der Waals surface area contributed by atoms with Gasteiger partial charge in [0.15, 0.2) is 0 Å².